The molecule has 0 saturated carbocycles. The minimum absolute atomic E-state index is 0.00117. The SMILES string of the molecule is C#Cc1cccc(F)c1.CC(C)(C)OC(=O)N1CC=CC(O)C1.CC(C)(C)OC(=O)N1C[C@@H](O)[C@H]2O[C@H]2C1.CC(C)(C)OC(=O)N1C[C@@H](n2cc(-c3cccc(F)c3)nn2)[C@@H]2O[C@@H]2C1.CC(C)(C)OC(=O)N1C[C@@H]2O[C@@H]2[C@@H](n2cc(-c3cccc(F)c3)nn2)C1.CC(C)(C)OC(=O)N1C[C@@H]2O[C@@H]2[C@@H](n2cc(-c3cccc(F)c3)nn2)C1.CC(C)(C)OC(=O)N1C[C@H](N=[N+]=[N-])[C@H]2O[C@H]2C1. The number of carbonyl (C=O) groups excluding carboxylic acids is 6. The number of hydrogen-bond donors (Lipinski definition) is 2. The first-order valence-corrected chi connectivity index (χ1v) is 43.9. The van der Waals surface area contributed by atoms with E-state index >= 15 is 0 Å². The Hall–Kier alpha value is -12.0. The van der Waals surface area contributed by atoms with Gasteiger partial charge < -0.3 is 91.7 Å². The van der Waals surface area contributed by atoms with Crippen LogP contribution in [0.5, 0.6) is 0 Å². The average Bonchev–Trinajstić information content (AvgIpc) is 1.60. The van der Waals surface area contributed by atoms with Crippen molar-refractivity contribution in [1.29, 1.82) is 0 Å². The van der Waals surface area contributed by atoms with Crippen LogP contribution in [0, 0.1) is 35.6 Å². The number of β-amino-alcohol motifs (C(OH)–C–C–N with tert-alkyl or cyclic N) is 2. The van der Waals surface area contributed by atoms with Gasteiger partial charge >= 0.3 is 36.6 Å². The Bertz CT molecular complexity index is 5050. The van der Waals surface area contributed by atoms with E-state index in [1.165, 1.54) is 58.3 Å². The molecule has 133 heavy (non-hydrogen) atoms. The van der Waals surface area contributed by atoms with Gasteiger partial charge in [0.05, 0.1) is 82.7 Å². The number of amides is 6. The van der Waals surface area contributed by atoms with Gasteiger partial charge in [-0.05, 0) is 185 Å². The third-order valence-corrected chi connectivity index (χ3v) is 21.1. The lowest BCUT2D eigenvalue weighted by Gasteiger charge is -2.31. The summed E-state index contributed by atoms with van der Waals surface area (Å²) in [5.74, 6) is 1.07. The van der Waals surface area contributed by atoms with Gasteiger partial charge in [0, 0.05) is 59.9 Å². The normalized spacial score (nSPS) is 25.4. The zero-order chi connectivity index (χ0) is 96.7. The molecule has 4 aromatic carbocycles. The molecule has 10 fully saturated rings. The molecule has 16 atom stereocenters. The molecule has 718 valence electrons. The molecule has 7 aromatic rings. The second kappa shape index (κ2) is 41.2. The first kappa shape index (κ1) is 100.0. The number of piperidine rings is 5. The predicted octanol–water partition coefficient (Wildman–Crippen LogP) is 12.9. The number of halogens is 4. The van der Waals surface area contributed by atoms with Crippen LogP contribution in [-0.4, -0.2) is 313 Å². The second-order valence-corrected chi connectivity index (χ2v) is 39.5. The quantitative estimate of drug-likeness (QED) is 0.0219. The monoisotopic (exact) mass is 1850 g/mol. The number of aliphatic hydroxyl groups is 2. The molecular formula is C92H118F4N18O19. The van der Waals surface area contributed by atoms with Crippen LogP contribution in [0.15, 0.2) is 133 Å². The minimum atomic E-state index is -0.573. The summed E-state index contributed by atoms with van der Waals surface area (Å²) in [6.45, 7) is 38.3. The Kier molecular flexibility index (Phi) is 31.0. The molecule has 6 amide bonds. The molecule has 0 aliphatic carbocycles. The highest BCUT2D eigenvalue weighted by atomic mass is 19.1. The van der Waals surface area contributed by atoms with Crippen LogP contribution in [0.25, 0.3) is 44.2 Å². The van der Waals surface area contributed by atoms with Crippen LogP contribution in [0.1, 0.15) is 148 Å². The number of aliphatic hydroxyl groups excluding tert-OH is 2. The first-order chi connectivity index (χ1) is 62.4. The van der Waals surface area contributed by atoms with E-state index in [4.69, 9.17) is 64.1 Å². The number of epoxide rings is 5. The van der Waals surface area contributed by atoms with Gasteiger partial charge in [0.2, 0.25) is 0 Å². The summed E-state index contributed by atoms with van der Waals surface area (Å²) in [6.07, 6.45) is 10.3. The van der Waals surface area contributed by atoms with Gasteiger partial charge in [-0.1, -0.05) is 81.3 Å². The number of fused-ring (bicyclic) bond motifs is 5. The summed E-state index contributed by atoms with van der Waals surface area (Å²) in [6, 6.07) is 23.9. The van der Waals surface area contributed by atoms with Crippen molar-refractivity contribution in [3.8, 4) is 46.1 Å². The molecule has 11 aliphatic heterocycles. The van der Waals surface area contributed by atoms with Crippen LogP contribution in [-0.2, 0) is 52.1 Å². The smallest absolute Gasteiger partial charge is 0.410 e. The third kappa shape index (κ3) is 29.5. The number of rotatable bonds is 7. The van der Waals surface area contributed by atoms with Gasteiger partial charge in [0.1, 0.15) is 153 Å². The predicted molar refractivity (Wildman–Crippen MR) is 472 cm³/mol. The number of hydrogen-bond acceptors (Lipinski definition) is 26. The fraction of sp³-hybridized carbons (Fsp3) is 0.565. The van der Waals surface area contributed by atoms with E-state index < -0.39 is 45.8 Å². The summed E-state index contributed by atoms with van der Waals surface area (Å²) in [5, 5.41) is 47.4. The van der Waals surface area contributed by atoms with Crippen molar-refractivity contribution >= 4 is 36.6 Å². The highest BCUT2D eigenvalue weighted by Gasteiger charge is 2.57. The van der Waals surface area contributed by atoms with Gasteiger partial charge in [-0.15, -0.1) is 21.7 Å². The molecule has 1 unspecified atom stereocenters. The van der Waals surface area contributed by atoms with Gasteiger partial charge in [0.25, 0.3) is 0 Å². The molecule has 11 aliphatic rings. The highest BCUT2D eigenvalue weighted by molar-refractivity contribution is 5.72. The van der Waals surface area contributed by atoms with E-state index in [0.29, 0.717) is 118 Å². The Balaban J connectivity index is 0.000000143. The van der Waals surface area contributed by atoms with Crippen molar-refractivity contribution in [2.24, 2.45) is 5.11 Å². The topological polar surface area (TPSA) is 421 Å². The van der Waals surface area contributed by atoms with Crippen molar-refractivity contribution in [2.45, 2.75) is 256 Å². The van der Waals surface area contributed by atoms with Gasteiger partial charge in [-0.2, -0.15) is 0 Å². The molecule has 0 spiro atoms. The van der Waals surface area contributed by atoms with Crippen LogP contribution in [0.4, 0.5) is 46.3 Å². The molecule has 37 nitrogen and oxygen atoms in total. The van der Waals surface area contributed by atoms with Crippen LogP contribution in [0.2, 0.25) is 0 Å². The number of carbonyl (C=O) groups is 6. The maximum Gasteiger partial charge on any atom is 0.410 e. The summed E-state index contributed by atoms with van der Waals surface area (Å²) in [5.41, 5.74) is 9.57. The molecule has 3 aromatic heterocycles. The van der Waals surface area contributed by atoms with E-state index in [9.17, 15) is 56.5 Å². The van der Waals surface area contributed by atoms with Crippen molar-refractivity contribution in [2.75, 3.05) is 78.5 Å². The highest BCUT2D eigenvalue weighted by Crippen LogP contribution is 2.43. The summed E-state index contributed by atoms with van der Waals surface area (Å²) < 4.78 is 117. The van der Waals surface area contributed by atoms with Gasteiger partial charge in [-0.3, -0.25) is 0 Å². The molecule has 2 N–H and O–H groups in total. The van der Waals surface area contributed by atoms with Crippen molar-refractivity contribution in [3.63, 3.8) is 0 Å². The lowest BCUT2D eigenvalue weighted by Crippen LogP contribution is -2.48. The molecule has 0 bridgehead atoms. The number of terminal acetylenes is 1. The number of azide groups is 1. The van der Waals surface area contributed by atoms with E-state index in [-0.39, 0.29) is 145 Å². The van der Waals surface area contributed by atoms with Crippen molar-refractivity contribution < 1.29 is 109 Å². The Morgan fingerprint density at radius 1 is 0.406 bits per heavy atom. The largest absolute Gasteiger partial charge is 0.444 e. The van der Waals surface area contributed by atoms with E-state index in [1.807, 2.05) is 125 Å². The molecule has 41 heteroatoms. The number of likely N-dealkylation sites (tertiary alicyclic amines) is 5. The summed E-state index contributed by atoms with van der Waals surface area (Å²) in [4.78, 5) is 84.4. The molecule has 18 rings (SSSR count). The third-order valence-electron chi connectivity index (χ3n) is 21.1. The van der Waals surface area contributed by atoms with E-state index in [0.717, 1.165) is 0 Å². The lowest BCUT2D eigenvalue weighted by molar-refractivity contribution is 0.00890. The number of aromatic nitrogens is 9. The zero-order valence-corrected chi connectivity index (χ0v) is 77.8. The van der Waals surface area contributed by atoms with Crippen LogP contribution < -0.4 is 0 Å². The van der Waals surface area contributed by atoms with Crippen LogP contribution >= 0.6 is 0 Å². The number of benzene rings is 4. The first-order valence-electron chi connectivity index (χ1n) is 43.9. The summed E-state index contributed by atoms with van der Waals surface area (Å²) >= 11 is 0. The van der Waals surface area contributed by atoms with E-state index in [2.05, 4.69) is 46.9 Å². The van der Waals surface area contributed by atoms with Crippen molar-refractivity contribution in [3.05, 3.63) is 167 Å². The number of nitrogens with zero attached hydrogens (tertiary/aromatic N) is 18. The molecular weight excluding hydrogens is 1740 g/mol. The maximum absolute atomic E-state index is 13.4. The minimum Gasteiger partial charge on any atom is -0.444 e. The van der Waals surface area contributed by atoms with Crippen molar-refractivity contribution in [1.82, 2.24) is 74.4 Å². The maximum atomic E-state index is 13.4. The fourth-order valence-electron chi connectivity index (χ4n) is 15.0. The molecule has 0 radical (unpaired) electrons. The lowest BCUT2D eigenvalue weighted by atomic mass is 10.1. The Labute approximate surface area is 768 Å². The molecule has 14 heterocycles. The number of ether oxygens (including phenoxy) is 11. The van der Waals surface area contributed by atoms with Gasteiger partial charge in [0.15, 0.2) is 0 Å². The summed E-state index contributed by atoms with van der Waals surface area (Å²) in [7, 11) is 0. The van der Waals surface area contributed by atoms with E-state index in [1.54, 1.807) is 113 Å². The zero-order valence-electron chi connectivity index (χ0n) is 77.8. The Morgan fingerprint density at radius 3 is 1.00 bits per heavy atom. The standard InChI is InChI=1S/3C18H21FN4O3.C10H16N4O3.C10H17NO4.C10H17NO3.C8H5F/c3*1-18(2,3)26-17(24)22-9-14(16-15(10-22)25-16)23-8-13(20-21-23)11-5-4-6-12(19)7-11;1-10(2,3)17-9(15)14-4-6(12-13-11)8-7(5-14)16-8;1-10(2,3)15-9(13)11-4-6(12)8-7(5-11)14-8;1-10(2,3)14-9(13)11-6-4-5-8(12)7-11;1-2-7-4-3-5-8(9)6-7/h3*4-8,14-16H,9-10H2,1-3H3;6-8H,4-5H2,1-3H3;6-8,12H,4-5H2,1-3H3;4-5,8,12H,6-7H2,1-3H3;1,3-6H/t3*14-,15-,16+;6-,7-,8+;6-,7+,8-;;/m10001../s1. The Morgan fingerprint density at radius 2 is 0.699 bits per heavy atom. The molecule has 10 saturated heterocycles. The second-order valence-electron chi connectivity index (χ2n) is 39.5. The average molecular weight is 1860 g/mol. The fourth-order valence-corrected chi connectivity index (χ4v) is 15.0. The van der Waals surface area contributed by atoms with Gasteiger partial charge in [-0.25, -0.2) is 60.4 Å². The van der Waals surface area contributed by atoms with Crippen LogP contribution in [0.3, 0.4) is 0 Å².